The van der Waals surface area contributed by atoms with E-state index in [2.05, 4.69) is 20.9 Å². The zero-order valence-electron chi connectivity index (χ0n) is 15.6. The number of aliphatic imine (C=N–C) groups is 1. The van der Waals surface area contributed by atoms with Gasteiger partial charge in [-0.15, -0.1) is 24.0 Å². The van der Waals surface area contributed by atoms with Crippen LogP contribution in [0.15, 0.2) is 41.4 Å². The van der Waals surface area contributed by atoms with Crippen LogP contribution in [0.25, 0.3) is 0 Å². The van der Waals surface area contributed by atoms with Crippen LogP contribution in [0.5, 0.6) is 11.5 Å². The van der Waals surface area contributed by atoms with E-state index >= 15 is 0 Å². The summed E-state index contributed by atoms with van der Waals surface area (Å²) in [6.07, 6.45) is 0. The number of carbonyl (C=O) groups excluding carboxylic acids is 1. The number of benzene rings is 2. The summed E-state index contributed by atoms with van der Waals surface area (Å²) >= 11 is 11.8. The Morgan fingerprint density at radius 1 is 1.00 bits per heavy atom. The first-order valence-corrected chi connectivity index (χ1v) is 9.38. The van der Waals surface area contributed by atoms with Crippen LogP contribution in [0.2, 0.25) is 10.0 Å². The fourth-order valence-electron chi connectivity index (χ4n) is 2.55. The molecule has 0 fully saturated rings. The minimum absolute atomic E-state index is 0. The molecule has 0 atom stereocenters. The topological polar surface area (TPSA) is 84.0 Å². The molecule has 2 aromatic carbocycles. The first-order chi connectivity index (χ1) is 13.6. The molecule has 0 saturated carbocycles. The fraction of sp³-hybridized carbons (Fsp3) is 0.263. The van der Waals surface area contributed by atoms with Crippen LogP contribution in [0.1, 0.15) is 15.9 Å². The summed E-state index contributed by atoms with van der Waals surface area (Å²) in [7, 11) is 1.68. The molecule has 0 aromatic heterocycles. The van der Waals surface area contributed by atoms with Gasteiger partial charge >= 0.3 is 0 Å². The molecule has 0 aliphatic carbocycles. The third kappa shape index (κ3) is 6.55. The number of amides is 1. The molecule has 0 unspecified atom stereocenters. The Balaban J connectivity index is 0.00000300. The largest absolute Gasteiger partial charge is 0.454 e. The highest BCUT2D eigenvalue weighted by Crippen LogP contribution is 2.32. The van der Waals surface area contributed by atoms with Crippen LogP contribution in [0.4, 0.5) is 0 Å². The highest BCUT2D eigenvalue weighted by molar-refractivity contribution is 14.0. The van der Waals surface area contributed by atoms with Gasteiger partial charge in [-0.05, 0) is 35.9 Å². The van der Waals surface area contributed by atoms with Crippen molar-refractivity contribution in [3.63, 3.8) is 0 Å². The number of halogens is 3. The van der Waals surface area contributed by atoms with Gasteiger partial charge in [0.25, 0.3) is 5.91 Å². The van der Waals surface area contributed by atoms with Crippen molar-refractivity contribution in [1.82, 2.24) is 16.0 Å². The van der Waals surface area contributed by atoms with Crippen LogP contribution in [0, 0.1) is 0 Å². The second-order valence-corrected chi connectivity index (χ2v) is 6.74. The fourth-order valence-corrected chi connectivity index (χ4v) is 2.85. The Bertz CT molecular complexity index is 896. The molecule has 1 aliphatic rings. The molecule has 1 heterocycles. The van der Waals surface area contributed by atoms with Gasteiger partial charge in [-0.25, -0.2) is 0 Å². The lowest BCUT2D eigenvalue weighted by Crippen LogP contribution is -2.41. The maximum Gasteiger partial charge on any atom is 0.251 e. The normalized spacial score (nSPS) is 12.2. The summed E-state index contributed by atoms with van der Waals surface area (Å²) in [6.45, 7) is 1.76. The molecule has 1 amide bonds. The third-order valence-electron chi connectivity index (χ3n) is 4.01. The van der Waals surface area contributed by atoms with Gasteiger partial charge in [-0.2, -0.15) is 0 Å². The van der Waals surface area contributed by atoms with Crippen LogP contribution in [-0.2, 0) is 6.54 Å². The van der Waals surface area contributed by atoms with Crippen molar-refractivity contribution in [1.29, 1.82) is 0 Å². The standard InChI is InChI=1S/C19H20Cl2N4O3.HI/c1-22-19(25-10-12-2-5-16-17(8-12)28-11-27-16)24-7-6-23-18(26)13-3-4-14(20)15(21)9-13;/h2-5,8-9H,6-7,10-11H2,1H3,(H,23,26)(H2,22,24,25);1H. The summed E-state index contributed by atoms with van der Waals surface area (Å²) in [6, 6.07) is 10.5. The van der Waals surface area contributed by atoms with Crippen molar-refractivity contribution in [3.05, 3.63) is 57.6 Å². The van der Waals surface area contributed by atoms with E-state index in [9.17, 15) is 4.79 Å². The molecule has 10 heteroatoms. The van der Waals surface area contributed by atoms with Crippen molar-refractivity contribution < 1.29 is 14.3 Å². The van der Waals surface area contributed by atoms with Gasteiger partial charge in [0.2, 0.25) is 6.79 Å². The minimum Gasteiger partial charge on any atom is -0.454 e. The molecule has 1 aliphatic heterocycles. The highest BCUT2D eigenvalue weighted by atomic mass is 127. The molecule has 3 N–H and O–H groups in total. The Morgan fingerprint density at radius 2 is 1.76 bits per heavy atom. The summed E-state index contributed by atoms with van der Waals surface area (Å²) < 4.78 is 10.7. The summed E-state index contributed by atoms with van der Waals surface area (Å²) in [5.41, 5.74) is 1.50. The van der Waals surface area contributed by atoms with E-state index in [1.54, 1.807) is 25.2 Å². The lowest BCUT2D eigenvalue weighted by Gasteiger charge is -2.13. The molecule has 29 heavy (non-hydrogen) atoms. The number of rotatable bonds is 6. The van der Waals surface area contributed by atoms with Gasteiger partial charge in [-0.3, -0.25) is 9.79 Å². The number of carbonyl (C=O) groups is 1. The zero-order valence-corrected chi connectivity index (χ0v) is 19.5. The Morgan fingerprint density at radius 3 is 2.52 bits per heavy atom. The zero-order chi connectivity index (χ0) is 19.9. The number of nitrogens with zero attached hydrogens (tertiary/aromatic N) is 1. The lowest BCUT2D eigenvalue weighted by molar-refractivity contribution is 0.0954. The maximum atomic E-state index is 12.1. The second kappa shape index (κ2) is 11.3. The Hall–Kier alpha value is -1.91. The summed E-state index contributed by atoms with van der Waals surface area (Å²) in [5.74, 6) is 1.90. The molecule has 0 bridgehead atoms. The van der Waals surface area contributed by atoms with Crippen LogP contribution < -0.4 is 25.4 Å². The monoisotopic (exact) mass is 550 g/mol. The smallest absolute Gasteiger partial charge is 0.251 e. The van der Waals surface area contributed by atoms with Crippen molar-refractivity contribution in [3.8, 4) is 11.5 Å². The number of hydrogen-bond acceptors (Lipinski definition) is 4. The number of hydrogen-bond donors (Lipinski definition) is 3. The molecule has 0 saturated heterocycles. The van der Waals surface area contributed by atoms with Gasteiger partial charge in [-0.1, -0.05) is 29.3 Å². The predicted octanol–water partition coefficient (Wildman–Crippen LogP) is 3.44. The average Bonchev–Trinajstić information content (AvgIpc) is 3.17. The third-order valence-corrected chi connectivity index (χ3v) is 4.74. The Labute approximate surface area is 196 Å². The van der Waals surface area contributed by atoms with E-state index in [0.717, 1.165) is 17.1 Å². The van der Waals surface area contributed by atoms with Crippen LogP contribution >= 0.6 is 47.2 Å². The first kappa shape index (κ1) is 23.4. The van der Waals surface area contributed by atoms with E-state index in [1.807, 2.05) is 18.2 Å². The van der Waals surface area contributed by atoms with Crippen LogP contribution in [0.3, 0.4) is 0 Å². The predicted molar refractivity (Wildman–Crippen MR) is 125 cm³/mol. The van der Waals surface area contributed by atoms with Gasteiger partial charge in [0, 0.05) is 32.2 Å². The van der Waals surface area contributed by atoms with Crippen molar-refractivity contribution in [2.75, 3.05) is 26.9 Å². The van der Waals surface area contributed by atoms with E-state index in [-0.39, 0.29) is 36.7 Å². The van der Waals surface area contributed by atoms with Gasteiger partial charge in [0.15, 0.2) is 17.5 Å². The van der Waals surface area contributed by atoms with Gasteiger partial charge in [0.1, 0.15) is 0 Å². The van der Waals surface area contributed by atoms with E-state index < -0.39 is 0 Å². The highest BCUT2D eigenvalue weighted by Gasteiger charge is 2.13. The summed E-state index contributed by atoms with van der Waals surface area (Å²) in [5, 5.41) is 9.92. The SMILES string of the molecule is CN=C(NCCNC(=O)c1ccc(Cl)c(Cl)c1)NCc1ccc2c(c1)OCO2.I. The molecule has 3 rings (SSSR count). The number of fused-ring (bicyclic) bond motifs is 1. The van der Waals surface area contributed by atoms with E-state index in [4.69, 9.17) is 32.7 Å². The molecule has 0 radical (unpaired) electrons. The minimum atomic E-state index is -0.219. The van der Waals surface area contributed by atoms with Crippen molar-refractivity contribution >= 4 is 59.0 Å². The molecule has 0 spiro atoms. The quantitative estimate of drug-likeness (QED) is 0.222. The number of ether oxygens (including phenoxy) is 2. The van der Waals surface area contributed by atoms with Gasteiger partial charge < -0.3 is 25.4 Å². The average molecular weight is 551 g/mol. The molecule has 7 nitrogen and oxygen atoms in total. The van der Waals surface area contributed by atoms with Gasteiger partial charge in [0.05, 0.1) is 10.0 Å². The molecule has 156 valence electrons. The molecule has 2 aromatic rings. The Kier molecular flexibility index (Phi) is 9.12. The number of guanidine groups is 1. The lowest BCUT2D eigenvalue weighted by atomic mass is 10.2. The second-order valence-electron chi connectivity index (χ2n) is 5.92. The first-order valence-electron chi connectivity index (χ1n) is 8.63. The van der Waals surface area contributed by atoms with E-state index in [1.165, 1.54) is 0 Å². The van der Waals surface area contributed by atoms with E-state index in [0.29, 0.717) is 41.2 Å². The van der Waals surface area contributed by atoms with Crippen LogP contribution in [-0.4, -0.2) is 38.8 Å². The molecular formula is C19H21Cl2IN4O3. The summed E-state index contributed by atoms with van der Waals surface area (Å²) in [4.78, 5) is 16.3. The maximum absolute atomic E-state index is 12.1. The van der Waals surface area contributed by atoms with Crippen molar-refractivity contribution in [2.45, 2.75) is 6.54 Å². The molecular weight excluding hydrogens is 530 g/mol. The van der Waals surface area contributed by atoms with Crippen molar-refractivity contribution in [2.24, 2.45) is 4.99 Å². The number of nitrogens with one attached hydrogen (secondary N) is 3.